The zero-order valence-electron chi connectivity index (χ0n) is 15.5. The highest BCUT2D eigenvalue weighted by Gasteiger charge is 2.17. The fourth-order valence-corrected chi connectivity index (χ4v) is 3.04. The van der Waals surface area contributed by atoms with Gasteiger partial charge < -0.3 is 15.0 Å². The monoisotopic (exact) mass is 333 g/mol. The van der Waals surface area contributed by atoms with E-state index >= 15 is 0 Å². The maximum Gasteiger partial charge on any atom is 0.227 e. The number of nitrogens with zero attached hydrogens (tertiary/aromatic N) is 2. The highest BCUT2D eigenvalue weighted by Crippen LogP contribution is 2.27. The first-order valence-corrected chi connectivity index (χ1v) is 8.92. The summed E-state index contributed by atoms with van der Waals surface area (Å²) in [5.74, 6) is 0.794. The molecule has 1 aromatic carbocycles. The topological polar surface area (TPSA) is 44.8 Å². The Kier molecular flexibility index (Phi) is 7.06. The highest BCUT2D eigenvalue weighted by molar-refractivity contribution is 5.93. The van der Waals surface area contributed by atoms with Crippen molar-refractivity contribution < 1.29 is 9.53 Å². The van der Waals surface area contributed by atoms with Gasteiger partial charge >= 0.3 is 0 Å². The molecule has 134 valence electrons. The van der Waals surface area contributed by atoms with E-state index in [0.717, 1.165) is 51.3 Å². The average Bonchev–Trinajstić information content (AvgIpc) is 2.57. The number of piperazine rings is 1. The number of carbonyl (C=O) groups excluding carboxylic acids is 1. The minimum Gasteiger partial charge on any atom is -0.495 e. The van der Waals surface area contributed by atoms with E-state index in [1.165, 1.54) is 5.56 Å². The smallest absolute Gasteiger partial charge is 0.227 e. The third-order valence-corrected chi connectivity index (χ3v) is 4.69. The molecular weight excluding hydrogens is 302 g/mol. The number of methoxy groups -OCH3 is 1. The molecule has 0 bridgehead atoms. The van der Waals surface area contributed by atoms with Crippen LogP contribution in [0.15, 0.2) is 18.2 Å². The fraction of sp³-hybridized carbons (Fsp3) is 0.632. The van der Waals surface area contributed by atoms with Crippen LogP contribution in [0.5, 0.6) is 5.75 Å². The van der Waals surface area contributed by atoms with E-state index in [1.807, 2.05) is 19.1 Å². The third kappa shape index (κ3) is 5.21. The number of ether oxygens (including phenoxy) is 1. The number of amides is 1. The van der Waals surface area contributed by atoms with E-state index in [2.05, 4.69) is 35.2 Å². The number of rotatable bonds is 7. The summed E-state index contributed by atoms with van der Waals surface area (Å²) in [4.78, 5) is 17.1. The Morgan fingerprint density at radius 3 is 2.62 bits per heavy atom. The molecule has 1 heterocycles. The Morgan fingerprint density at radius 1 is 1.29 bits per heavy atom. The van der Waals surface area contributed by atoms with E-state index in [9.17, 15) is 4.79 Å². The Morgan fingerprint density at radius 2 is 2.00 bits per heavy atom. The van der Waals surface area contributed by atoms with Crippen molar-refractivity contribution in [2.75, 3.05) is 45.7 Å². The number of likely N-dealkylation sites (N-methyl/N-ethyl adjacent to an activating group) is 1. The Hall–Kier alpha value is -1.59. The van der Waals surface area contributed by atoms with Crippen molar-refractivity contribution in [3.05, 3.63) is 23.8 Å². The van der Waals surface area contributed by atoms with Crippen LogP contribution in [0.2, 0.25) is 0 Å². The fourth-order valence-electron chi connectivity index (χ4n) is 3.04. The van der Waals surface area contributed by atoms with Gasteiger partial charge in [-0.2, -0.15) is 0 Å². The van der Waals surface area contributed by atoms with Gasteiger partial charge in [0, 0.05) is 38.6 Å². The SMILES string of the molecule is CCC[C@@H](C)C(=O)Nc1cc(CN2CCN(C)CC2)ccc1OC. The molecule has 1 aromatic rings. The molecule has 0 aliphatic carbocycles. The van der Waals surface area contributed by atoms with Crippen molar-refractivity contribution >= 4 is 11.6 Å². The molecule has 0 aromatic heterocycles. The molecule has 5 heteroatoms. The van der Waals surface area contributed by atoms with Crippen LogP contribution in [0.1, 0.15) is 32.3 Å². The highest BCUT2D eigenvalue weighted by atomic mass is 16.5. The van der Waals surface area contributed by atoms with Crippen molar-refractivity contribution in [1.29, 1.82) is 0 Å². The van der Waals surface area contributed by atoms with Gasteiger partial charge in [0.2, 0.25) is 5.91 Å². The van der Waals surface area contributed by atoms with E-state index in [1.54, 1.807) is 7.11 Å². The molecular formula is C19H31N3O2. The summed E-state index contributed by atoms with van der Waals surface area (Å²) >= 11 is 0. The van der Waals surface area contributed by atoms with Crippen LogP contribution in [-0.4, -0.2) is 56.0 Å². The molecule has 24 heavy (non-hydrogen) atoms. The molecule has 0 spiro atoms. The number of hydrogen-bond donors (Lipinski definition) is 1. The van der Waals surface area contributed by atoms with Crippen LogP contribution < -0.4 is 10.1 Å². The van der Waals surface area contributed by atoms with Crippen LogP contribution in [0, 0.1) is 5.92 Å². The summed E-state index contributed by atoms with van der Waals surface area (Å²) in [6, 6.07) is 6.08. The molecule has 1 N–H and O–H groups in total. The summed E-state index contributed by atoms with van der Waals surface area (Å²) in [5, 5.41) is 3.04. The van der Waals surface area contributed by atoms with Gasteiger partial charge in [0.15, 0.2) is 0 Å². The van der Waals surface area contributed by atoms with Crippen LogP contribution >= 0.6 is 0 Å². The van der Waals surface area contributed by atoms with Crippen molar-refractivity contribution in [3.8, 4) is 5.75 Å². The summed E-state index contributed by atoms with van der Waals surface area (Å²) in [5.41, 5.74) is 1.98. The zero-order valence-corrected chi connectivity index (χ0v) is 15.5. The summed E-state index contributed by atoms with van der Waals surface area (Å²) < 4.78 is 5.41. The number of hydrogen-bond acceptors (Lipinski definition) is 4. The molecule has 1 amide bonds. The molecule has 1 atom stereocenters. The molecule has 0 unspecified atom stereocenters. The lowest BCUT2D eigenvalue weighted by Gasteiger charge is -2.32. The number of anilines is 1. The first-order chi connectivity index (χ1) is 11.5. The summed E-state index contributed by atoms with van der Waals surface area (Å²) in [6.45, 7) is 9.35. The van der Waals surface area contributed by atoms with E-state index in [-0.39, 0.29) is 11.8 Å². The predicted octanol–water partition coefficient (Wildman–Crippen LogP) is 2.82. The van der Waals surface area contributed by atoms with Crippen LogP contribution in [-0.2, 0) is 11.3 Å². The lowest BCUT2D eigenvalue weighted by Crippen LogP contribution is -2.43. The van der Waals surface area contributed by atoms with Crippen LogP contribution in [0.4, 0.5) is 5.69 Å². The molecule has 0 radical (unpaired) electrons. The van der Waals surface area contributed by atoms with Gasteiger partial charge in [0.05, 0.1) is 12.8 Å². The minimum absolute atomic E-state index is 0.0148. The van der Waals surface area contributed by atoms with Crippen molar-refractivity contribution in [2.24, 2.45) is 5.92 Å². The first kappa shape index (κ1) is 18.7. The Balaban J connectivity index is 2.05. The second-order valence-electron chi connectivity index (χ2n) is 6.79. The molecule has 0 saturated carbocycles. The maximum atomic E-state index is 12.3. The summed E-state index contributed by atoms with van der Waals surface area (Å²) in [7, 11) is 3.80. The standard InChI is InChI=1S/C19H31N3O2/c1-5-6-15(2)19(23)20-17-13-16(7-8-18(17)24-4)14-22-11-9-21(3)10-12-22/h7-8,13,15H,5-6,9-12,14H2,1-4H3,(H,20,23)/t15-/m1/s1. The Labute approximate surface area is 146 Å². The molecule has 1 saturated heterocycles. The molecule has 1 fully saturated rings. The zero-order chi connectivity index (χ0) is 17.5. The van der Waals surface area contributed by atoms with Gasteiger partial charge in [-0.1, -0.05) is 26.3 Å². The first-order valence-electron chi connectivity index (χ1n) is 8.92. The van der Waals surface area contributed by atoms with Gasteiger partial charge in [-0.15, -0.1) is 0 Å². The second kappa shape index (κ2) is 9.04. The minimum atomic E-state index is 0.0148. The lowest BCUT2D eigenvalue weighted by molar-refractivity contribution is -0.119. The number of carbonyl (C=O) groups is 1. The van der Waals surface area contributed by atoms with Gasteiger partial charge in [-0.05, 0) is 31.2 Å². The van der Waals surface area contributed by atoms with Gasteiger partial charge in [0.25, 0.3) is 0 Å². The maximum absolute atomic E-state index is 12.3. The summed E-state index contributed by atoms with van der Waals surface area (Å²) in [6.07, 6.45) is 1.91. The predicted molar refractivity (Wildman–Crippen MR) is 98.5 cm³/mol. The second-order valence-corrected chi connectivity index (χ2v) is 6.79. The van der Waals surface area contributed by atoms with Gasteiger partial charge in [-0.25, -0.2) is 0 Å². The van der Waals surface area contributed by atoms with Gasteiger partial charge in [-0.3, -0.25) is 9.69 Å². The third-order valence-electron chi connectivity index (χ3n) is 4.69. The number of nitrogens with one attached hydrogen (secondary N) is 1. The lowest BCUT2D eigenvalue weighted by atomic mass is 10.1. The Bertz CT molecular complexity index is 539. The van der Waals surface area contributed by atoms with Gasteiger partial charge in [0.1, 0.15) is 5.75 Å². The quantitative estimate of drug-likeness (QED) is 0.833. The van der Waals surface area contributed by atoms with Crippen LogP contribution in [0.3, 0.4) is 0 Å². The van der Waals surface area contributed by atoms with E-state index < -0.39 is 0 Å². The number of benzene rings is 1. The molecule has 1 aliphatic rings. The van der Waals surface area contributed by atoms with Crippen molar-refractivity contribution in [1.82, 2.24) is 9.80 Å². The molecule has 1 aliphatic heterocycles. The normalized spacial score (nSPS) is 17.5. The molecule has 5 nitrogen and oxygen atoms in total. The average molecular weight is 333 g/mol. The molecule has 2 rings (SSSR count). The van der Waals surface area contributed by atoms with Crippen molar-refractivity contribution in [2.45, 2.75) is 33.2 Å². The van der Waals surface area contributed by atoms with Crippen LogP contribution in [0.25, 0.3) is 0 Å². The van der Waals surface area contributed by atoms with Crippen molar-refractivity contribution in [3.63, 3.8) is 0 Å². The van der Waals surface area contributed by atoms with E-state index in [0.29, 0.717) is 5.75 Å². The largest absolute Gasteiger partial charge is 0.495 e. The van der Waals surface area contributed by atoms with E-state index in [4.69, 9.17) is 4.74 Å².